The molecule has 172 valence electrons. The van der Waals surface area contributed by atoms with Crippen molar-refractivity contribution in [1.82, 2.24) is 25.1 Å². The average Bonchev–Trinajstić information content (AvgIpc) is 3.30. The molecule has 3 aromatic rings. The number of nitrogens with zero attached hydrogens (tertiary/aromatic N) is 6. The zero-order valence-corrected chi connectivity index (χ0v) is 19.3. The summed E-state index contributed by atoms with van der Waals surface area (Å²) in [5.74, 6) is 1.86. The molecule has 5 N–H and O–H groups in total. The Balaban J connectivity index is 1.92. The molecule has 0 fully saturated rings. The number of rotatable bonds is 9. The second-order valence-corrected chi connectivity index (χ2v) is 7.90. The average molecular weight is 448 g/mol. The van der Waals surface area contributed by atoms with Gasteiger partial charge in [-0.05, 0) is 31.4 Å². The van der Waals surface area contributed by atoms with Crippen LogP contribution in [-0.4, -0.2) is 37.9 Å². The molecule has 0 amide bonds. The number of hydrogen-bond donors (Lipinski definition) is 3. The van der Waals surface area contributed by atoms with Crippen molar-refractivity contribution < 1.29 is 4.52 Å². The third-order valence-corrected chi connectivity index (χ3v) is 5.48. The van der Waals surface area contributed by atoms with Crippen molar-refractivity contribution in [2.45, 2.75) is 33.1 Å². The second kappa shape index (κ2) is 10.0. The minimum absolute atomic E-state index is 0.143. The van der Waals surface area contributed by atoms with Crippen LogP contribution >= 0.6 is 0 Å². The lowest BCUT2D eigenvalue weighted by Gasteiger charge is -2.30. The van der Waals surface area contributed by atoms with Crippen molar-refractivity contribution in [3.05, 3.63) is 66.4 Å². The molecule has 0 bridgehead atoms. The molecule has 0 spiro atoms. The number of anilines is 1. The smallest absolute Gasteiger partial charge is 0.278 e. The molecule has 0 aliphatic carbocycles. The Bertz CT molecular complexity index is 1150. The molecule has 3 heterocycles. The van der Waals surface area contributed by atoms with E-state index in [9.17, 15) is 0 Å². The van der Waals surface area contributed by atoms with Gasteiger partial charge in [0.1, 0.15) is 17.3 Å². The molecule has 0 saturated carbocycles. The summed E-state index contributed by atoms with van der Waals surface area (Å²) in [5.41, 5.74) is 13.4. The summed E-state index contributed by atoms with van der Waals surface area (Å²) in [5, 5.41) is 7.37. The fraction of sp³-hybridized carbons (Fsp3) is 0.304. The van der Waals surface area contributed by atoms with Crippen LogP contribution in [0.1, 0.15) is 44.8 Å². The van der Waals surface area contributed by atoms with Crippen LogP contribution in [0.5, 0.6) is 0 Å². The number of hydrogen-bond acceptors (Lipinski definition) is 10. The molecule has 0 saturated heterocycles. The highest BCUT2D eigenvalue weighted by molar-refractivity contribution is 6.09. The predicted molar refractivity (Wildman–Crippen MR) is 129 cm³/mol. The molecule has 10 heteroatoms. The van der Waals surface area contributed by atoms with E-state index < -0.39 is 5.41 Å². The first-order valence-corrected chi connectivity index (χ1v) is 10.6. The van der Waals surface area contributed by atoms with Crippen molar-refractivity contribution in [1.29, 1.82) is 0 Å². The number of aromatic nitrogens is 5. The fourth-order valence-electron chi connectivity index (χ4n) is 3.19. The Kier molecular flexibility index (Phi) is 7.17. The Morgan fingerprint density at radius 2 is 2.03 bits per heavy atom. The lowest BCUT2D eigenvalue weighted by molar-refractivity contribution is 0.350. The number of nitrogens with one attached hydrogen (secondary N) is 1. The maximum Gasteiger partial charge on any atom is 0.278 e. The largest absolute Gasteiger partial charge is 0.404 e. The van der Waals surface area contributed by atoms with Crippen molar-refractivity contribution in [2.24, 2.45) is 22.4 Å². The summed E-state index contributed by atoms with van der Waals surface area (Å²) in [7, 11) is 0. The monoisotopic (exact) mass is 447 g/mol. The van der Waals surface area contributed by atoms with Gasteiger partial charge in [-0.15, -0.1) is 0 Å². The highest BCUT2D eigenvalue weighted by Crippen LogP contribution is 2.38. The van der Waals surface area contributed by atoms with Gasteiger partial charge in [0.15, 0.2) is 5.82 Å². The van der Waals surface area contributed by atoms with Gasteiger partial charge >= 0.3 is 0 Å². The van der Waals surface area contributed by atoms with Gasteiger partial charge in [0.2, 0.25) is 0 Å². The van der Waals surface area contributed by atoms with Crippen LogP contribution in [0.4, 0.5) is 5.82 Å². The van der Waals surface area contributed by atoms with E-state index in [1.807, 2.05) is 19.1 Å². The third-order valence-electron chi connectivity index (χ3n) is 5.48. The van der Waals surface area contributed by atoms with Crippen LogP contribution in [0.2, 0.25) is 0 Å². The molecular weight excluding hydrogens is 418 g/mol. The van der Waals surface area contributed by atoms with Crippen molar-refractivity contribution in [3.8, 4) is 11.6 Å². The van der Waals surface area contributed by atoms with E-state index in [-0.39, 0.29) is 11.7 Å². The van der Waals surface area contributed by atoms with E-state index in [1.165, 1.54) is 12.4 Å². The maximum absolute atomic E-state index is 5.73. The topological polar surface area (TPSA) is 154 Å². The minimum atomic E-state index is -0.559. The van der Waals surface area contributed by atoms with Crippen LogP contribution in [0.25, 0.3) is 17.2 Å². The Morgan fingerprint density at radius 1 is 1.24 bits per heavy atom. The molecular formula is C23H29N9O. The molecule has 1 atom stereocenters. The van der Waals surface area contributed by atoms with E-state index in [1.54, 1.807) is 18.6 Å². The quantitative estimate of drug-likeness (QED) is 0.420. The first-order chi connectivity index (χ1) is 15.8. The number of pyridine rings is 1. The first-order valence-electron chi connectivity index (χ1n) is 10.6. The Hall–Kier alpha value is -4.08. The number of nitrogens with two attached hydrogens (primary N) is 2. The van der Waals surface area contributed by atoms with Crippen LogP contribution in [0.15, 0.2) is 58.8 Å². The van der Waals surface area contributed by atoms with E-state index in [0.29, 0.717) is 34.5 Å². The summed E-state index contributed by atoms with van der Waals surface area (Å²) in [6.45, 7) is 12.6. The van der Waals surface area contributed by atoms with Crippen molar-refractivity contribution in [2.75, 3.05) is 11.9 Å². The SMILES string of the molecule is C=C(N)N=C/C(=C\N)c1ccc([C@@](C)(c2noc(-c3cnc(NCC)cn3)n2)C(C)C)cn1. The zero-order chi connectivity index (χ0) is 24.0. The minimum Gasteiger partial charge on any atom is -0.404 e. The molecule has 0 aromatic carbocycles. The molecule has 0 aliphatic rings. The summed E-state index contributed by atoms with van der Waals surface area (Å²) in [6, 6.07) is 3.84. The lowest BCUT2D eigenvalue weighted by atomic mass is 9.73. The van der Waals surface area contributed by atoms with Gasteiger partial charge in [0.25, 0.3) is 5.89 Å². The van der Waals surface area contributed by atoms with E-state index in [2.05, 4.69) is 62.8 Å². The van der Waals surface area contributed by atoms with Gasteiger partial charge in [-0.1, -0.05) is 31.6 Å². The van der Waals surface area contributed by atoms with Crippen LogP contribution in [0.3, 0.4) is 0 Å². The lowest BCUT2D eigenvalue weighted by Crippen LogP contribution is -2.31. The van der Waals surface area contributed by atoms with Crippen LogP contribution < -0.4 is 16.8 Å². The molecule has 3 aromatic heterocycles. The third kappa shape index (κ3) is 5.05. The van der Waals surface area contributed by atoms with Crippen LogP contribution in [-0.2, 0) is 5.41 Å². The normalized spacial score (nSPS) is 13.9. The molecule has 0 radical (unpaired) electrons. The highest BCUT2D eigenvalue weighted by Gasteiger charge is 2.38. The second-order valence-electron chi connectivity index (χ2n) is 7.90. The molecule has 0 aliphatic heterocycles. The van der Waals surface area contributed by atoms with Gasteiger partial charge in [0, 0.05) is 30.7 Å². The van der Waals surface area contributed by atoms with E-state index >= 15 is 0 Å². The standard InChI is InChI=1S/C23H29N9O/c1-6-26-20-13-29-19(12-30-20)21-31-22(32-33-21)23(5,14(2)3)17-7-8-18(28-11-17)16(9-24)10-27-15(4)25/h7-14H,4,6,24-25H2,1-3,5H3,(H,26,30)/b16-9+,27-10?/t23-/m0/s1. The summed E-state index contributed by atoms with van der Waals surface area (Å²) in [4.78, 5) is 21.9. The van der Waals surface area contributed by atoms with Crippen molar-refractivity contribution in [3.63, 3.8) is 0 Å². The van der Waals surface area contributed by atoms with Crippen molar-refractivity contribution >= 4 is 17.6 Å². The number of aliphatic imine (C=N–C) groups is 1. The summed E-state index contributed by atoms with van der Waals surface area (Å²) < 4.78 is 5.53. The zero-order valence-electron chi connectivity index (χ0n) is 19.3. The van der Waals surface area contributed by atoms with Gasteiger partial charge in [0.05, 0.1) is 23.5 Å². The highest BCUT2D eigenvalue weighted by atomic mass is 16.5. The van der Waals surface area contributed by atoms with Gasteiger partial charge in [-0.3, -0.25) is 4.98 Å². The van der Waals surface area contributed by atoms with Gasteiger partial charge in [-0.2, -0.15) is 4.98 Å². The van der Waals surface area contributed by atoms with Gasteiger partial charge in [-0.25, -0.2) is 15.0 Å². The van der Waals surface area contributed by atoms with Crippen LogP contribution in [0, 0.1) is 5.92 Å². The molecule has 3 rings (SSSR count). The van der Waals surface area contributed by atoms with E-state index in [0.717, 1.165) is 12.1 Å². The summed E-state index contributed by atoms with van der Waals surface area (Å²) >= 11 is 0. The molecule has 0 unspecified atom stereocenters. The fourth-order valence-corrected chi connectivity index (χ4v) is 3.19. The van der Waals surface area contributed by atoms with Gasteiger partial charge < -0.3 is 21.3 Å². The first kappa shape index (κ1) is 23.6. The summed E-state index contributed by atoms with van der Waals surface area (Å²) in [6.07, 6.45) is 7.98. The number of allylic oxidation sites excluding steroid dienone is 1. The Morgan fingerprint density at radius 3 is 2.58 bits per heavy atom. The van der Waals surface area contributed by atoms with E-state index in [4.69, 9.17) is 16.0 Å². The molecule has 10 nitrogen and oxygen atoms in total. The Labute approximate surface area is 193 Å². The predicted octanol–water partition coefficient (Wildman–Crippen LogP) is 3.12. The molecule has 33 heavy (non-hydrogen) atoms. The maximum atomic E-state index is 5.73.